The highest BCUT2D eigenvalue weighted by atomic mass is 14.7. The molecule has 1 aliphatic rings. The Hall–Kier alpha value is -3.06. The topological polar surface area (TPSA) is 143 Å². The first kappa shape index (κ1) is 15.0. The fraction of sp³-hybridized carbons (Fsp3) is 0.571. The Morgan fingerprint density at radius 1 is 0.500 bits per heavy atom. The third kappa shape index (κ3) is 1.57. The van der Waals surface area contributed by atoms with Gasteiger partial charge in [-0.3, -0.25) is 0 Å². The lowest BCUT2D eigenvalue weighted by Gasteiger charge is -2.40. The van der Waals surface area contributed by atoms with Crippen molar-refractivity contribution in [1.29, 1.82) is 31.6 Å². The van der Waals surface area contributed by atoms with Gasteiger partial charge in [0, 0.05) is 0 Å². The van der Waals surface area contributed by atoms with Crippen molar-refractivity contribution in [3.63, 3.8) is 0 Å². The molecule has 0 atom stereocenters. The quantitative estimate of drug-likeness (QED) is 0.653. The molecule has 96 valence electrons. The number of hydrogen-bond acceptors (Lipinski definition) is 6. The van der Waals surface area contributed by atoms with Gasteiger partial charge in [-0.1, -0.05) is 19.3 Å². The summed E-state index contributed by atoms with van der Waals surface area (Å²) in [6.45, 7) is 0. The van der Waals surface area contributed by atoms with E-state index >= 15 is 0 Å². The fourth-order valence-corrected chi connectivity index (χ4v) is 2.71. The van der Waals surface area contributed by atoms with E-state index in [0.717, 1.165) is 0 Å². The summed E-state index contributed by atoms with van der Waals surface area (Å²) in [5.41, 5.74) is -6.21. The van der Waals surface area contributed by atoms with Crippen LogP contribution in [0.25, 0.3) is 0 Å². The van der Waals surface area contributed by atoms with Gasteiger partial charge in [0.05, 0.1) is 36.4 Å². The zero-order valence-electron chi connectivity index (χ0n) is 10.7. The maximum Gasteiger partial charge on any atom is 0.206 e. The van der Waals surface area contributed by atoms with Crippen molar-refractivity contribution < 1.29 is 0 Å². The van der Waals surface area contributed by atoms with E-state index in [0.29, 0.717) is 19.3 Å². The third-order valence-electron chi connectivity index (χ3n) is 3.98. The van der Waals surface area contributed by atoms with E-state index < -0.39 is 16.2 Å². The molecule has 0 radical (unpaired) electrons. The van der Waals surface area contributed by atoms with E-state index in [1.165, 1.54) is 0 Å². The minimum absolute atomic E-state index is 0.00618. The van der Waals surface area contributed by atoms with Crippen molar-refractivity contribution in [2.24, 2.45) is 16.2 Å². The van der Waals surface area contributed by atoms with Crippen LogP contribution in [0.4, 0.5) is 0 Å². The highest BCUT2D eigenvalue weighted by molar-refractivity contribution is 5.44. The number of rotatable bonds is 0. The summed E-state index contributed by atoms with van der Waals surface area (Å²) in [4.78, 5) is 0. The summed E-state index contributed by atoms with van der Waals surface area (Å²) in [5.74, 6) is 0. The van der Waals surface area contributed by atoms with Crippen molar-refractivity contribution in [3.8, 4) is 36.4 Å². The molecule has 1 rings (SSSR count). The zero-order chi connectivity index (χ0) is 15.3. The van der Waals surface area contributed by atoms with Crippen LogP contribution in [0.1, 0.15) is 32.1 Å². The second kappa shape index (κ2) is 5.29. The van der Waals surface area contributed by atoms with Gasteiger partial charge in [0.25, 0.3) is 0 Å². The minimum Gasteiger partial charge on any atom is -0.196 e. The zero-order valence-corrected chi connectivity index (χ0v) is 10.7. The van der Waals surface area contributed by atoms with Gasteiger partial charge in [-0.15, -0.1) is 0 Å². The minimum atomic E-state index is -2.27. The van der Waals surface area contributed by atoms with Crippen LogP contribution in [0.2, 0.25) is 0 Å². The lowest BCUT2D eigenvalue weighted by Crippen LogP contribution is -2.51. The molecule has 0 amide bonds. The highest BCUT2D eigenvalue weighted by Gasteiger charge is 2.67. The lowest BCUT2D eigenvalue weighted by atomic mass is 9.50. The van der Waals surface area contributed by atoms with Crippen LogP contribution >= 0.6 is 0 Å². The molecule has 0 aromatic carbocycles. The number of nitrogens with zero attached hydrogens (tertiary/aromatic N) is 6. The van der Waals surface area contributed by atoms with E-state index in [9.17, 15) is 31.6 Å². The molecular formula is C14H10N6. The van der Waals surface area contributed by atoms with E-state index in [1.807, 2.05) is 0 Å². The van der Waals surface area contributed by atoms with E-state index in [2.05, 4.69) is 0 Å². The summed E-state index contributed by atoms with van der Waals surface area (Å²) in [6.07, 6.45) is 1.65. The van der Waals surface area contributed by atoms with Gasteiger partial charge in [0.1, 0.15) is 0 Å². The maximum atomic E-state index is 9.48. The van der Waals surface area contributed by atoms with Crippen LogP contribution in [0.15, 0.2) is 0 Å². The van der Waals surface area contributed by atoms with Crippen molar-refractivity contribution in [1.82, 2.24) is 0 Å². The van der Waals surface area contributed by atoms with Crippen molar-refractivity contribution >= 4 is 0 Å². The molecule has 0 aliphatic heterocycles. The predicted octanol–water partition coefficient (Wildman–Crippen LogP) is 2.05. The average Bonchev–Trinajstić information content (AvgIpc) is 2.49. The van der Waals surface area contributed by atoms with Gasteiger partial charge in [-0.25, -0.2) is 0 Å². The molecular weight excluding hydrogens is 252 g/mol. The molecule has 0 bridgehead atoms. The van der Waals surface area contributed by atoms with Crippen LogP contribution in [0, 0.1) is 84.2 Å². The second-order valence-corrected chi connectivity index (χ2v) is 4.79. The van der Waals surface area contributed by atoms with Gasteiger partial charge in [-0.05, 0) is 12.8 Å². The van der Waals surface area contributed by atoms with Gasteiger partial charge in [0.15, 0.2) is 10.8 Å². The van der Waals surface area contributed by atoms with Crippen LogP contribution in [-0.4, -0.2) is 0 Å². The normalized spacial score (nSPS) is 21.9. The Morgan fingerprint density at radius 2 is 0.850 bits per heavy atom. The Morgan fingerprint density at radius 3 is 1.10 bits per heavy atom. The van der Waals surface area contributed by atoms with Crippen LogP contribution in [-0.2, 0) is 0 Å². The van der Waals surface area contributed by atoms with E-state index in [1.54, 1.807) is 36.4 Å². The van der Waals surface area contributed by atoms with Crippen LogP contribution in [0.3, 0.4) is 0 Å². The summed E-state index contributed by atoms with van der Waals surface area (Å²) in [7, 11) is 0. The van der Waals surface area contributed by atoms with Crippen LogP contribution in [0.5, 0.6) is 0 Å². The number of nitriles is 6. The van der Waals surface area contributed by atoms with Gasteiger partial charge in [0.2, 0.25) is 5.41 Å². The molecule has 6 heteroatoms. The predicted molar refractivity (Wildman–Crippen MR) is 64.1 cm³/mol. The molecule has 1 aliphatic carbocycles. The molecule has 0 heterocycles. The van der Waals surface area contributed by atoms with Crippen LogP contribution < -0.4 is 0 Å². The monoisotopic (exact) mass is 262 g/mol. The van der Waals surface area contributed by atoms with E-state index in [4.69, 9.17) is 0 Å². The molecule has 1 fully saturated rings. The van der Waals surface area contributed by atoms with Crippen molar-refractivity contribution in [2.75, 3.05) is 0 Å². The highest BCUT2D eigenvalue weighted by Crippen LogP contribution is 2.56. The molecule has 0 aromatic rings. The summed E-state index contributed by atoms with van der Waals surface area (Å²) in [5, 5.41) is 56.5. The smallest absolute Gasteiger partial charge is 0.196 e. The van der Waals surface area contributed by atoms with E-state index in [-0.39, 0.29) is 12.8 Å². The first-order valence-corrected chi connectivity index (χ1v) is 6.05. The first-order chi connectivity index (χ1) is 9.57. The lowest BCUT2D eigenvalue weighted by molar-refractivity contribution is 0.135. The SMILES string of the molecule is N#CC1(C#N)CCCCCC(C#N)(C#N)C1(C#N)C#N. The molecule has 0 N–H and O–H groups in total. The van der Waals surface area contributed by atoms with Gasteiger partial charge < -0.3 is 0 Å². The van der Waals surface area contributed by atoms with Gasteiger partial charge >= 0.3 is 0 Å². The molecule has 0 saturated heterocycles. The Kier molecular flexibility index (Phi) is 3.97. The van der Waals surface area contributed by atoms with Crippen molar-refractivity contribution in [2.45, 2.75) is 32.1 Å². The summed E-state index contributed by atoms with van der Waals surface area (Å²) >= 11 is 0. The molecule has 0 aromatic heterocycles. The molecule has 0 unspecified atom stereocenters. The molecule has 20 heavy (non-hydrogen) atoms. The Bertz CT molecular complexity index is 563. The summed E-state index contributed by atoms with van der Waals surface area (Å²) < 4.78 is 0. The van der Waals surface area contributed by atoms with Crippen molar-refractivity contribution in [3.05, 3.63) is 0 Å². The van der Waals surface area contributed by atoms with Gasteiger partial charge in [-0.2, -0.15) is 31.6 Å². The largest absolute Gasteiger partial charge is 0.206 e. The maximum absolute atomic E-state index is 9.48. The first-order valence-electron chi connectivity index (χ1n) is 6.05. The second-order valence-electron chi connectivity index (χ2n) is 4.79. The molecule has 1 saturated carbocycles. The number of hydrogen-bond donors (Lipinski definition) is 0. The Labute approximate surface area is 117 Å². The standard InChI is InChI=1S/C14H10N6/c15-6-12(7-16)4-2-1-3-5-13(8-17,9-18)14(12,10-19)11-20/h1-5H2. The summed E-state index contributed by atoms with van der Waals surface area (Å²) in [6, 6.07) is 10.3. The molecule has 0 spiro atoms. The fourth-order valence-electron chi connectivity index (χ4n) is 2.71. The Balaban J connectivity index is 3.81. The molecule has 6 nitrogen and oxygen atoms in total. The average molecular weight is 262 g/mol. The third-order valence-corrected chi connectivity index (χ3v) is 3.98.